The number of carbonyl (C=O) groups is 2. The van der Waals surface area contributed by atoms with Gasteiger partial charge in [-0.25, -0.2) is 0 Å². The van der Waals surface area contributed by atoms with Crippen LogP contribution in [0, 0.1) is 0 Å². The van der Waals surface area contributed by atoms with Gasteiger partial charge in [-0.15, -0.1) is 12.4 Å². The molecule has 2 amide bonds. The maximum atomic E-state index is 12.7. The summed E-state index contributed by atoms with van der Waals surface area (Å²) in [5, 5.41) is 4.08. The predicted molar refractivity (Wildman–Crippen MR) is 141 cm³/mol. The summed E-state index contributed by atoms with van der Waals surface area (Å²) in [4.78, 5) is 35.4. The fourth-order valence-corrected chi connectivity index (χ4v) is 4.19. The third kappa shape index (κ3) is 8.30. The Labute approximate surface area is 223 Å². The number of piperazine rings is 1. The summed E-state index contributed by atoms with van der Waals surface area (Å²) in [6, 6.07) is 17.5. The Morgan fingerprint density at radius 1 is 1.00 bits per heavy atom. The average Bonchev–Trinajstić information content (AvgIpc) is 3.35. The third-order valence-corrected chi connectivity index (χ3v) is 6.36. The summed E-state index contributed by atoms with van der Waals surface area (Å²) in [7, 11) is 3.43. The van der Waals surface area contributed by atoms with E-state index < -0.39 is 0 Å². The van der Waals surface area contributed by atoms with Crippen LogP contribution in [0.2, 0.25) is 0 Å². The van der Waals surface area contributed by atoms with E-state index in [0.29, 0.717) is 57.2 Å². The molecule has 1 fully saturated rings. The lowest BCUT2D eigenvalue weighted by Gasteiger charge is -2.34. The molecule has 0 aliphatic carbocycles. The summed E-state index contributed by atoms with van der Waals surface area (Å²) in [5.74, 6) is 2.02. The van der Waals surface area contributed by atoms with Gasteiger partial charge in [-0.05, 0) is 23.3 Å². The molecule has 9 nitrogen and oxygen atoms in total. The molecule has 1 aromatic heterocycles. The third-order valence-electron chi connectivity index (χ3n) is 6.36. The van der Waals surface area contributed by atoms with E-state index in [4.69, 9.17) is 9.26 Å². The van der Waals surface area contributed by atoms with Gasteiger partial charge in [0.05, 0.1) is 20.1 Å². The molecule has 0 N–H and O–H groups in total. The van der Waals surface area contributed by atoms with E-state index in [9.17, 15) is 9.59 Å². The van der Waals surface area contributed by atoms with Crippen LogP contribution >= 0.6 is 12.4 Å². The Morgan fingerprint density at radius 3 is 2.38 bits per heavy atom. The lowest BCUT2D eigenvalue weighted by Crippen LogP contribution is -2.48. The number of hydrogen-bond donors (Lipinski definition) is 0. The van der Waals surface area contributed by atoms with Gasteiger partial charge < -0.3 is 19.1 Å². The maximum Gasteiger partial charge on any atom is 0.227 e. The maximum absolute atomic E-state index is 12.7. The number of methoxy groups -OCH3 is 1. The minimum Gasteiger partial charge on any atom is -0.497 e. The Hall–Kier alpha value is -3.43. The molecule has 1 aliphatic rings. The van der Waals surface area contributed by atoms with E-state index in [0.717, 1.165) is 30.0 Å². The zero-order valence-electron chi connectivity index (χ0n) is 21.3. The van der Waals surface area contributed by atoms with E-state index in [1.165, 1.54) is 0 Å². The molecule has 0 radical (unpaired) electrons. The fourth-order valence-electron chi connectivity index (χ4n) is 4.19. The molecule has 2 heterocycles. The number of benzene rings is 2. The standard InChI is InChI=1S/C27H33N5O4.ClH/c1-30(19-22-6-4-3-5-7-22)26(33)13-12-25-28-24(29-36-25)20-31-14-16-32(17-15-31)27(34)18-21-8-10-23(35-2)11-9-21;/h3-11H,12-20H2,1-2H3;1H. The quantitative estimate of drug-likeness (QED) is 0.400. The molecule has 1 saturated heterocycles. The number of amides is 2. The first kappa shape index (κ1) is 28.1. The minimum absolute atomic E-state index is 0. The van der Waals surface area contributed by atoms with Crippen molar-refractivity contribution in [3.63, 3.8) is 0 Å². The molecule has 198 valence electrons. The highest BCUT2D eigenvalue weighted by Crippen LogP contribution is 2.14. The van der Waals surface area contributed by atoms with Crippen LogP contribution in [0.4, 0.5) is 0 Å². The van der Waals surface area contributed by atoms with Crippen molar-refractivity contribution in [3.8, 4) is 5.75 Å². The zero-order chi connectivity index (χ0) is 25.3. The van der Waals surface area contributed by atoms with Gasteiger partial charge in [0.15, 0.2) is 5.82 Å². The number of aryl methyl sites for hydroxylation is 1. The Morgan fingerprint density at radius 2 is 1.70 bits per heavy atom. The van der Waals surface area contributed by atoms with Gasteiger partial charge in [0.2, 0.25) is 17.7 Å². The summed E-state index contributed by atoms with van der Waals surface area (Å²) < 4.78 is 10.5. The van der Waals surface area contributed by atoms with Gasteiger partial charge >= 0.3 is 0 Å². The molecule has 0 spiro atoms. The van der Waals surface area contributed by atoms with Gasteiger partial charge in [-0.3, -0.25) is 14.5 Å². The molecular weight excluding hydrogens is 494 g/mol. The van der Waals surface area contributed by atoms with Crippen LogP contribution in [0.15, 0.2) is 59.1 Å². The van der Waals surface area contributed by atoms with Gasteiger partial charge in [-0.1, -0.05) is 47.6 Å². The lowest BCUT2D eigenvalue weighted by atomic mass is 10.1. The van der Waals surface area contributed by atoms with Crippen LogP contribution in [-0.2, 0) is 35.5 Å². The normalized spacial score (nSPS) is 13.6. The van der Waals surface area contributed by atoms with E-state index in [2.05, 4.69) is 15.0 Å². The molecule has 0 unspecified atom stereocenters. The van der Waals surface area contributed by atoms with Crippen LogP contribution < -0.4 is 4.74 Å². The number of aromatic nitrogens is 2. The van der Waals surface area contributed by atoms with Crippen LogP contribution in [0.1, 0.15) is 29.3 Å². The van der Waals surface area contributed by atoms with Crippen molar-refractivity contribution in [2.45, 2.75) is 32.4 Å². The van der Waals surface area contributed by atoms with Gasteiger partial charge in [0.1, 0.15) is 5.75 Å². The second-order valence-corrected chi connectivity index (χ2v) is 9.02. The predicted octanol–water partition coefficient (Wildman–Crippen LogP) is 2.98. The number of nitrogens with zero attached hydrogens (tertiary/aromatic N) is 5. The highest BCUT2D eigenvalue weighted by Gasteiger charge is 2.22. The van der Waals surface area contributed by atoms with Gasteiger partial charge in [0.25, 0.3) is 0 Å². The number of rotatable bonds is 10. The molecule has 0 saturated carbocycles. The largest absolute Gasteiger partial charge is 0.497 e. The molecular formula is C27H34ClN5O4. The van der Waals surface area contributed by atoms with Crippen molar-refractivity contribution in [2.24, 2.45) is 0 Å². The van der Waals surface area contributed by atoms with Crippen molar-refractivity contribution in [1.29, 1.82) is 0 Å². The number of halogens is 1. The molecule has 0 atom stereocenters. The minimum atomic E-state index is 0. The number of ether oxygens (including phenoxy) is 1. The van der Waals surface area contributed by atoms with Crippen molar-refractivity contribution in [3.05, 3.63) is 77.4 Å². The highest BCUT2D eigenvalue weighted by atomic mass is 35.5. The Bertz CT molecular complexity index is 1130. The summed E-state index contributed by atoms with van der Waals surface area (Å²) in [5.41, 5.74) is 2.07. The molecule has 2 aromatic carbocycles. The molecule has 10 heteroatoms. The summed E-state index contributed by atoms with van der Waals surface area (Å²) >= 11 is 0. The Balaban J connectivity index is 0.00000380. The molecule has 4 rings (SSSR count). The second kappa shape index (κ2) is 13.8. The second-order valence-electron chi connectivity index (χ2n) is 9.02. The summed E-state index contributed by atoms with van der Waals surface area (Å²) in [6.45, 7) is 3.97. The number of carbonyl (C=O) groups excluding carboxylic acids is 2. The molecule has 37 heavy (non-hydrogen) atoms. The zero-order valence-corrected chi connectivity index (χ0v) is 22.2. The SMILES string of the molecule is COc1ccc(CC(=O)N2CCN(Cc3noc(CCC(=O)N(C)Cc4ccccc4)n3)CC2)cc1.Cl. The average molecular weight is 528 g/mol. The summed E-state index contributed by atoms with van der Waals surface area (Å²) in [6.07, 6.45) is 1.12. The van der Waals surface area contributed by atoms with Gasteiger partial charge in [-0.2, -0.15) is 4.98 Å². The smallest absolute Gasteiger partial charge is 0.227 e. The van der Waals surface area contributed by atoms with Crippen LogP contribution in [0.3, 0.4) is 0 Å². The van der Waals surface area contributed by atoms with Crippen LogP contribution in [0.5, 0.6) is 5.75 Å². The first-order valence-corrected chi connectivity index (χ1v) is 12.2. The lowest BCUT2D eigenvalue weighted by molar-refractivity contribution is -0.132. The van der Waals surface area contributed by atoms with E-state index in [1.54, 1.807) is 19.1 Å². The van der Waals surface area contributed by atoms with Crippen molar-refractivity contribution in [1.82, 2.24) is 24.8 Å². The van der Waals surface area contributed by atoms with Crippen LogP contribution in [-0.4, -0.2) is 77.0 Å². The van der Waals surface area contributed by atoms with Crippen molar-refractivity contribution >= 4 is 24.2 Å². The van der Waals surface area contributed by atoms with E-state index >= 15 is 0 Å². The topological polar surface area (TPSA) is 92.0 Å². The first-order valence-electron chi connectivity index (χ1n) is 12.2. The van der Waals surface area contributed by atoms with E-state index in [1.807, 2.05) is 59.5 Å². The highest BCUT2D eigenvalue weighted by molar-refractivity contribution is 5.85. The number of hydrogen-bond acceptors (Lipinski definition) is 7. The molecule has 1 aliphatic heterocycles. The monoisotopic (exact) mass is 527 g/mol. The van der Waals surface area contributed by atoms with E-state index in [-0.39, 0.29) is 24.2 Å². The molecule has 3 aromatic rings. The van der Waals surface area contributed by atoms with Gasteiger partial charge in [0, 0.05) is 52.6 Å². The fraction of sp³-hybridized carbons (Fsp3) is 0.407. The Kier molecular flexibility index (Phi) is 10.5. The first-order chi connectivity index (χ1) is 17.5. The van der Waals surface area contributed by atoms with Crippen molar-refractivity contribution < 1.29 is 18.8 Å². The van der Waals surface area contributed by atoms with Crippen molar-refractivity contribution in [2.75, 3.05) is 40.3 Å². The van der Waals surface area contributed by atoms with Crippen LogP contribution in [0.25, 0.3) is 0 Å². The molecule has 0 bridgehead atoms.